The van der Waals surface area contributed by atoms with E-state index in [1.165, 1.54) is 26.0 Å². The van der Waals surface area contributed by atoms with Gasteiger partial charge in [0, 0.05) is 36.5 Å². The van der Waals surface area contributed by atoms with Gasteiger partial charge in [0.05, 0.1) is 107 Å². The van der Waals surface area contributed by atoms with Crippen LogP contribution in [0.4, 0.5) is 0 Å². The molecule has 6 aliphatic heterocycles. The van der Waals surface area contributed by atoms with Gasteiger partial charge in [0.25, 0.3) is 11.6 Å². The van der Waals surface area contributed by atoms with E-state index in [0.29, 0.717) is 0 Å². The average molecular weight is 1680 g/mol. The highest BCUT2D eigenvalue weighted by Crippen LogP contribution is 2.43. The van der Waals surface area contributed by atoms with E-state index < -0.39 is 277 Å². The van der Waals surface area contributed by atoms with Gasteiger partial charge in [0.2, 0.25) is 0 Å². The number of methoxy groups -OCH3 is 1. The van der Waals surface area contributed by atoms with Crippen molar-refractivity contribution in [3.05, 3.63) is 179 Å². The second-order valence-corrected chi connectivity index (χ2v) is 30.1. The highest BCUT2D eigenvalue weighted by Gasteiger charge is 2.60. The first-order chi connectivity index (χ1) is 56.9. The lowest BCUT2D eigenvalue weighted by atomic mass is 9.84. The summed E-state index contributed by atoms with van der Waals surface area (Å²) in [6, 6.07) is 42.6. The number of carboxylic acids is 1. The first-order valence-electron chi connectivity index (χ1n) is 38.8. The molecule has 6 aliphatic rings. The molecule has 0 bridgehead atoms. The van der Waals surface area contributed by atoms with Gasteiger partial charge in [-0.2, -0.15) is 0 Å². The molecule has 0 radical (unpaired) electrons. The van der Waals surface area contributed by atoms with E-state index in [-0.39, 0.29) is 29.9 Å². The van der Waals surface area contributed by atoms with Gasteiger partial charge in [-0.25, -0.2) is 24.0 Å². The molecule has 119 heavy (non-hydrogen) atoms. The summed E-state index contributed by atoms with van der Waals surface area (Å²) in [5.41, 5.74) is 2.16. The van der Waals surface area contributed by atoms with Crippen LogP contribution in [0.15, 0.2) is 152 Å². The van der Waals surface area contributed by atoms with E-state index >= 15 is 0 Å². The molecule has 5 aromatic carbocycles. The molecule has 10 unspecified atom stereocenters. The van der Waals surface area contributed by atoms with Crippen LogP contribution in [0.5, 0.6) is 0 Å². The predicted octanol–water partition coefficient (Wildman–Crippen LogP) is -1.50. The summed E-state index contributed by atoms with van der Waals surface area (Å²) in [6.07, 6.45) is -42.0. The summed E-state index contributed by atoms with van der Waals surface area (Å²) >= 11 is 0. The number of carboxylic acid groups (broad SMARTS) is 1. The first-order valence-corrected chi connectivity index (χ1v) is 38.8. The third kappa shape index (κ3) is 22.6. The number of aliphatic hydroxyl groups is 15. The first kappa shape index (κ1) is 93.6. The van der Waals surface area contributed by atoms with E-state index in [1.807, 2.05) is 30.3 Å². The van der Waals surface area contributed by atoms with Gasteiger partial charge in [0.15, 0.2) is 37.4 Å². The lowest BCUT2D eigenvalue weighted by Crippen LogP contribution is -2.65. The van der Waals surface area contributed by atoms with Crippen molar-refractivity contribution >= 4 is 29.8 Å². The highest BCUT2D eigenvalue weighted by atomic mass is 16.8. The minimum Gasteiger partial charge on any atom is -0.477 e. The maximum atomic E-state index is 13.8. The third-order valence-electron chi connectivity index (χ3n) is 22.0. The molecule has 0 aliphatic carbocycles. The van der Waals surface area contributed by atoms with Gasteiger partial charge in [-0.05, 0) is 47.5 Å². The molecule has 0 spiro atoms. The summed E-state index contributed by atoms with van der Waals surface area (Å²) < 4.78 is 95.0. The molecule has 6 fully saturated rings. The van der Waals surface area contributed by atoms with Crippen LogP contribution in [0, 0.1) is 23.7 Å². The second kappa shape index (κ2) is 42.9. The topological polar surface area (TPSA) is 557 Å². The summed E-state index contributed by atoms with van der Waals surface area (Å²) in [5.74, 6) is -13.9. The fourth-order valence-corrected chi connectivity index (χ4v) is 14.6. The fraction of sp³-hybridized carbons (Fsp3) is 0.573. The average Bonchev–Trinajstić information content (AvgIpc) is 0.771. The Morgan fingerprint density at radius 1 is 0.420 bits per heavy atom. The van der Waals surface area contributed by atoms with Crippen LogP contribution in [0.1, 0.15) is 82.7 Å². The Bertz CT molecular complexity index is 3960. The van der Waals surface area contributed by atoms with Crippen LogP contribution < -0.4 is 0 Å². The Hall–Kier alpha value is -7.63. The summed E-state index contributed by atoms with van der Waals surface area (Å²) in [6.45, 7) is 1.72. The minimum absolute atomic E-state index is 0.00557. The highest BCUT2D eigenvalue weighted by molar-refractivity contribution is 5.90. The number of benzene rings is 5. The molecular formula is C82H106O37. The number of hydrogen-bond acceptors (Lipinski definition) is 36. The Morgan fingerprint density at radius 3 is 1.30 bits per heavy atom. The maximum Gasteiger partial charge on any atom is 0.366 e. The molecule has 656 valence electrons. The summed E-state index contributed by atoms with van der Waals surface area (Å²) in [5, 5.41) is 167. The number of rotatable bonds is 32. The molecule has 6 saturated heterocycles. The van der Waals surface area contributed by atoms with E-state index in [4.69, 9.17) is 75.8 Å². The van der Waals surface area contributed by atoms with E-state index in [9.17, 15) is 106 Å². The normalized spacial score (nSPS) is 35.7. The maximum absolute atomic E-state index is 13.8. The van der Waals surface area contributed by atoms with Crippen molar-refractivity contribution in [3.63, 3.8) is 0 Å². The molecule has 0 aromatic heterocycles. The Balaban J connectivity index is 0.000000274. The number of aliphatic hydroxyl groups excluding tert-OH is 15. The van der Waals surface area contributed by atoms with Crippen LogP contribution in [0.2, 0.25) is 0 Å². The van der Waals surface area contributed by atoms with Crippen molar-refractivity contribution in [2.75, 3.05) is 46.8 Å². The molecular weight excluding hydrogens is 1580 g/mol. The van der Waals surface area contributed by atoms with Gasteiger partial charge < -0.3 is 157 Å². The quantitative estimate of drug-likeness (QED) is 0.0172. The molecule has 37 heteroatoms. The standard InChI is InChI=1S/C53H62O19.C29H44O18/c1-30-37(55)25-53(52(62)63-4,72-44(30)42(58)38(56)26-54)66-29-39-41(57)31(2)45(69-48(60)35-21-13-7-14-22-35)51(67-39)71-43-32(3)46(70-49(61)36-23-15-8-16-24-36)50(65-27-33-17-9-5-10-18-33)68-40(43)28-64-47(59)34-19-11-6-12-20-34;1-12-14(32)7-29(28(40)41,47-24(12)18(34)15(33)8-30)43-11-17-19(35)20(36)22(38)27(45-17)46-25-16(9-31)44-26(23(39)21(25)37)42-10-13-5-3-2-4-6-13/h5-24,30-32,37-46,50-51,54-58H,25-29H2,1-4H3;2-6,12,14-27,30-39H,7-11H2,1H3,(H,40,41)/t30-,31+,32+,37-,38-,39?,40?,41-,42-,43+,44?,45?,46?,50-,51+,53-;12-,14-,15-,16?,17?,18-,19+,20+,21-,22?,23?,24?,25-,26-,27+,29-/m11/s1. The molecule has 32 atom stereocenters. The molecule has 37 nitrogen and oxygen atoms in total. The van der Waals surface area contributed by atoms with Gasteiger partial charge in [0.1, 0.15) is 92.1 Å². The van der Waals surface area contributed by atoms with Crippen LogP contribution in [-0.2, 0) is 98.6 Å². The molecule has 6 heterocycles. The van der Waals surface area contributed by atoms with Crippen molar-refractivity contribution in [2.45, 2.75) is 225 Å². The van der Waals surface area contributed by atoms with Gasteiger partial charge in [-0.15, -0.1) is 0 Å². The van der Waals surface area contributed by atoms with Gasteiger partial charge in [-0.1, -0.05) is 143 Å². The third-order valence-corrected chi connectivity index (χ3v) is 22.0. The van der Waals surface area contributed by atoms with Crippen LogP contribution >= 0.6 is 0 Å². The van der Waals surface area contributed by atoms with Crippen molar-refractivity contribution in [3.8, 4) is 0 Å². The zero-order valence-electron chi connectivity index (χ0n) is 65.6. The Labute approximate surface area is 683 Å². The fourth-order valence-electron chi connectivity index (χ4n) is 14.6. The van der Waals surface area contributed by atoms with Crippen LogP contribution in [-0.4, -0.2) is 329 Å². The van der Waals surface area contributed by atoms with Crippen LogP contribution in [0.25, 0.3) is 0 Å². The number of esters is 4. The lowest BCUT2D eigenvalue weighted by molar-refractivity contribution is -0.368. The largest absolute Gasteiger partial charge is 0.477 e. The van der Waals surface area contributed by atoms with Crippen molar-refractivity contribution in [2.24, 2.45) is 23.7 Å². The van der Waals surface area contributed by atoms with Crippen molar-refractivity contribution in [1.82, 2.24) is 0 Å². The predicted molar refractivity (Wildman–Crippen MR) is 401 cm³/mol. The van der Waals surface area contributed by atoms with Gasteiger partial charge >= 0.3 is 29.8 Å². The lowest BCUT2D eigenvalue weighted by Gasteiger charge is -2.49. The SMILES string of the molecule is COC(=O)[C@@]1(OCC2O[C@@H](O[C@@H]3C(COC(=O)c4ccccc4)O[C@@H](OCc4ccccc4)C(OC(=O)c4ccccc4)[C@H]3C)C(OC(=O)c3ccccc3)[C@@H](C)[C@H]2O)C[C@@H](O)[C@@H](C)C([C@H](O)[C@H](O)CO)O1.C[C@H]1C([C@H](O)[C@H](O)CO)O[C@@](OCC2O[C@@H](O[C@@H]3C(CO)O[C@@H](OCc4ccccc4)C(O)[C@H]3O)C(O)[C@@H](O)[C@H]2O)(C(=O)O)C[C@H]1O. The molecule has 5 aromatic rings. The zero-order valence-corrected chi connectivity index (χ0v) is 65.6. The van der Waals surface area contributed by atoms with E-state index in [1.54, 1.807) is 123 Å². The molecule has 11 rings (SSSR count). The smallest absolute Gasteiger partial charge is 0.366 e. The Kier molecular flexibility index (Phi) is 33.8. The number of ether oxygens (including phenoxy) is 16. The molecule has 0 saturated carbocycles. The molecule has 16 N–H and O–H groups in total. The zero-order chi connectivity index (χ0) is 86.2. The van der Waals surface area contributed by atoms with E-state index in [0.717, 1.165) is 18.2 Å². The monoisotopic (exact) mass is 1680 g/mol. The van der Waals surface area contributed by atoms with Crippen molar-refractivity contribution in [1.29, 1.82) is 0 Å². The minimum atomic E-state index is -2.67. The van der Waals surface area contributed by atoms with Crippen LogP contribution in [0.3, 0.4) is 0 Å². The van der Waals surface area contributed by atoms with E-state index in [2.05, 4.69) is 0 Å². The number of carbonyl (C=O) groups is 5. The van der Waals surface area contributed by atoms with Crippen molar-refractivity contribution < 1.29 is 181 Å². The number of carbonyl (C=O) groups excluding carboxylic acids is 4. The van der Waals surface area contributed by atoms with Gasteiger partial charge in [-0.3, -0.25) is 0 Å². The summed E-state index contributed by atoms with van der Waals surface area (Å²) in [7, 11) is 1.04. The number of aliphatic carboxylic acids is 1. The Morgan fingerprint density at radius 2 is 0.824 bits per heavy atom. The summed E-state index contributed by atoms with van der Waals surface area (Å²) in [4.78, 5) is 67.0. The second-order valence-electron chi connectivity index (χ2n) is 30.1. The number of hydrogen-bond donors (Lipinski definition) is 16. The molecule has 0 amide bonds.